The highest BCUT2D eigenvalue weighted by Crippen LogP contribution is 2.27. The summed E-state index contributed by atoms with van der Waals surface area (Å²) < 4.78 is 0. The third-order valence-electron chi connectivity index (χ3n) is 5.47. The third-order valence-corrected chi connectivity index (χ3v) is 5.47. The van der Waals surface area contributed by atoms with E-state index in [0.29, 0.717) is 18.7 Å². The molecule has 2 aliphatic heterocycles. The minimum absolute atomic E-state index is 0.229. The lowest BCUT2D eigenvalue weighted by atomic mass is 9.96. The number of hydrogen-bond acceptors (Lipinski definition) is 8. The van der Waals surface area contributed by atoms with E-state index in [1.807, 2.05) is 6.07 Å². The number of aryl methyl sites for hydroxylation is 1. The van der Waals surface area contributed by atoms with Gasteiger partial charge in [-0.05, 0) is 30.5 Å². The average molecular weight is 453 g/mol. The van der Waals surface area contributed by atoms with Crippen LogP contribution in [-0.2, 0) is 16.0 Å². The van der Waals surface area contributed by atoms with Gasteiger partial charge in [0, 0.05) is 63.0 Å². The molecule has 33 heavy (non-hydrogen) atoms. The fourth-order valence-electron chi connectivity index (χ4n) is 3.87. The summed E-state index contributed by atoms with van der Waals surface area (Å²) in [6.45, 7) is 4.37. The van der Waals surface area contributed by atoms with Crippen LogP contribution >= 0.6 is 0 Å². The quantitative estimate of drug-likeness (QED) is 0.553. The first-order chi connectivity index (χ1) is 16.0. The lowest BCUT2D eigenvalue weighted by Crippen LogP contribution is -2.55. The van der Waals surface area contributed by atoms with Crippen molar-refractivity contribution in [2.24, 2.45) is 10.7 Å². The number of piperazine rings is 1. The molecule has 10 heteroatoms. The van der Waals surface area contributed by atoms with E-state index < -0.39 is 11.9 Å². The molecule has 1 aromatic carbocycles. The van der Waals surface area contributed by atoms with Gasteiger partial charge in [0.25, 0.3) is 0 Å². The number of carbonyl (C=O) groups is 2. The van der Waals surface area contributed by atoms with Crippen molar-refractivity contribution in [3.63, 3.8) is 0 Å². The first-order valence-corrected chi connectivity index (χ1v) is 10.7. The summed E-state index contributed by atoms with van der Waals surface area (Å²) in [4.78, 5) is 37.4. The summed E-state index contributed by atoms with van der Waals surface area (Å²) in [5.41, 5.74) is 9.82. The van der Waals surface area contributed by atoms with Crippen molar-refractivity contribution in [1.29, 1.82) is 0 Å². The van der Waals surface area contributed by atoms with E-state index in [1.54, 1.807) is 12.4 Å². The maximum Gasteiger partial charge on any atom is 0.328 e. The summed E-state index contributed by atoms with van der Waals surface area (Å²) in [7, 11) is 0. The molecule has 0 saturated carbocycles. The topological polar surface area (TPSA) is 145 Å². The Kier molecular flexibility index (Phi) is 8.62. The average Bonchev–Trinajstić information content (AvgIpc) is 2.84. The molecule has 3 heterocycles. The number of aliphatic carboxylic acids is 2. The molecule has 1 unspecified atom stereocenters. The summed E-state index contributed by atoms with van der Waals surface area (Å²) >= 11 is 0. The molecule has 2 aromatic rings. The minimum Gasteiger partial charge on any atom is -0.478 e. The summed E-state index contributed by atoms with van der Waals surface area (Å²) in [6.07, 6.45) is 6.77. The molecular formula is C23H28N6O4. The number of hydrogen-bond donors (Lipinski definition) is 3. The number of nitrogens with two attached hydrogens (primary N) is 1. The van der Waals surface area contributed by atoms with Crippen molar-refractivity contribution < 1.29 is 19.8 Å². The molecule has 174 valence electrons. The molecule has 1 atom stereocenters. The lowest BCUT2D eigenvalue weighted by Gasteiger charge is -2.39. The lowest BCUT2D eigenvalue weighted by molar-refractivity contribution is -0.134. The van der Waals surface area contributed by atoms with E-state index in [1.165, 1.54) is 11.3 Å². The van der Waals surface area contributed by atoms with Crippen LogP contribution in [-0.4, -0.2) is 81.5 Å². The van der Waals surface area contributed by atoms with Crippen molar-refractivity contribution in [3.05, 3.63) is 60.4 Å². The normalized spacial score (nSPS) is 16.9. The van der Waals surface area contributed by atoms with Crippen LogP contribution in [0.2, 0.25) is 0 Å². The Balaban J connectivity index is 0.000000331. The molecule has 0 aliphatic carbocycles. The van der Waals surface area contributed by atoms with Crippen molar-refractivity contribution in [3.8, 4) is 0 Å². The van der Waals surface area contributed by atoms with Crippen molar-refractivity contribution in [2.45, 2.75) is 18.9 Å². The Labute approximate surface area is 192 Å². The number of rotatable bonds is 6. The monoisotopic (exact) mass is 452 g/mol. The van der Waals surface area contributed by atoms with Gasteiger partial charge < -0.3 is 20.8 Å². The summed E-state index contributed by atoms with van der Waals surface area (Å²) in [6, 6.07) is 10.5. The van der Waals surface area contributed by atoms with Crippen LogP contribution in [0.15, 0.2) is 59.9 Å². The number of anilines is 1. The van der Waals surface area contributed by atoms with E-state index in [0.717, 1.165) is 50.7 Å². The molecule has 4 N–H and O–H groups in total. The maximum absolute atomic E-state index is 9.55. The van der Waals surface area contributed by atoms with Crippen LogP contribution in [0.3, 0.4) is 0 Å². The zero-order valence-corrected chi connectivity index (χ0v) is 18.2. The highest BCUT2D eigenvalue weighted by atomic mass is 16.4. The molecule has 0 amide bonds. The standard InChI is InChI=1S/C19H24N6.C4H4O4/c20-14-18(17-7-6-15-4-1-2-5-16(15)23-17)24-10-12-25(13-11-24)19-21-8-3-9-22-19;5-3(6)1-2-4(7)8/h1-5,8-9,18H,6-7,10-14,20H2;1-2H,(H,5,6)(H,7,8)/b;2-1+. The Morgan fingerprint density at radius 2 is 1.61 bits per heavy atom. The van der Waals surface area contributed by atoms with E-state index in [2.05, 4.69) is 44.0 Å². The number of benzene rings is 1. The summed E-state index contributed by atoms with van der Waals surface area (Å²) in [5, 5.41) is 15.6. The molecule has 1 fully saturated rings. The van der Waals surface area contributed by atoms with Gasteiger partial charge in [-0.1, -0.05) is 18.2 Å². The Morgan fingerprint density at radius 1 is 0.970 bits per heavy atom. The van der Waals surface area contributed by atoms with E-state index in [-0.39, 0.29) is 6.04 Å². The molecule has 0 spiro atoms. The maximum atomic E-state index is 9.55. The fraction of sp³-hybridized carbons (Fsp3) is 0.348. The number of aromatic nitrogens is 2. The SMILES string of the molecule is NCC(C1=Nc2ccccc2CC1)N1CCN(c2ncccn2)CC1.O=C(O)/C=C/C(=O)O. The van der Waals surface area contributed by atoms with E-state index >= 15 is 0 Å². The van der Waals surface area contributed by atoms with Gasteiger partial charge in [-0.15, -0.1) is 0 Å². The fourth-order valence-corrected chi connectivity index (χ4v) is 3.87. The first kappa shape index (κ1) is 24.0. The molecule has 1 aromatic heterocycles. The molecule has 10 nitrogen and oxygen atoms in total. The number of fused-ring (bicyclic) bond motifs is 1. The van der Waals surface area contributed by atoms with Gasteiger partial charge in [0.2, 0.25) is 5.95 Å². The van der Waals surface area contributed by atoms with Crippen molar-refractivity contribution in [1.82, 2.24) is 14.9 Å². The highest BCUT2D eigenvalue weighted by Gasteiger charge is 2.28. The number of carboxylic acid groups (broad SMARTS) is 2. The van der Waals surface area contributed by atoms with Gasteiger partial charge in [-0.3, -0.25) is 9.89 Å². The highest BCUT2D eigenvalue weighted by molar-refractivity contribution is 5.94. The van der Waals surface area contributed by atoms with Crippen molar-refractivity contribution in [2.75, 3.05) is 37.6 Å². The second-order valence-electron chi connectivity index (χ2n) is 7.56. The smallest absolute Gasteiger partial charge is 0.328 e. The molecule has 1 saturated heterocycles. The van der Waals surface area contributed by atoms with Gasteiger partial charge in [-0.25, -0.2) is 19.6 Å². The van der Waals surface area contributed by atoms with Gasteiger partial charge >= 0.3 is 11.9 Å². The van der Waals surface area contributed by atoms with Crippen LogP contribution < -0.4 is 10.6 Å². The van der Waals surface area contributed by atoms with Gasteiger partial charge in [-0.2, -0.15) is 0 Å². The molecule has 0 bridgehead atoms. The number of para-hydroxylation sites is 1. The van der Waals surface area contributed by atoms with Crippen molar-refractivity contribution >= 4 is 29.3 Å². The van der Waals surface area contributed by atoms with Crippen LogP contribution in [0.1, 0.15) is 12.0 Å². The van der Waals surface area contributed by atoms with E-state index in [9.17, 15) is 9.59 Å². The van der Waals surface area contributed by atoms with Gasteiger partial charge in [0.1, 0.15) is 0 Å². The van der Waals surface area contributed by atoms with Crippen LogP contribution in [0.25, 0.3) is 0 Å². The Bertz CT molecular complexity index is 987. The second-order valence-corrected chi connectivity index (χ2v) is 7.56. The van der Waals surface area contributed by atoms with Gasteiger partial charge in [0.05, 0.1) is 11.7 Å². The largest absolute Gasteiger partial charge is 0.478 e. The minimum atomic E-state index is -1.26. The number of aliphatic imine (C=N–C) groups is 1. The Morgan fingerprint density at radius 3 is 2.21 bits per heavy atom. The van der Waals surface area contributed by atoms with Gasteiger partial charge in [0.15, 0.2) is 0 Å². The summed E-state index contributed by atoms with van der Waals surface area (Å²) in [5.74, 6) is -1.70. The zero-order chi connectivity index (χ0) is 23.6. The predicted octanol–water partition coefficient (Wildman–Crippen LogP) is 1.36. The third kappa shape index (κ3) is 6.93. The molecule has 0 radical (unpaired) electrons. The van der Waals surface area contributed by atoms with E-state index in [4.69, 9.17) is 20.9 Å². The van der Waals surface area contributed by atoms with Crippen LogP contribution in [0.5, 0.6) is 0 Å². The van der Waals surface area contributed by atoms with Crippen LogP contribution in [0.4, 0.5) is 11.6 Å². The number of nitrogens with zero attached hydrogens (tertiary/aromatic N) is 5. The molecule has 4 rings (SSSR count). The molecular weight excluding hydrogens is 424 g/mol. The Hall–Kier alpha value is -3.63. The first-order valence-electron chi connectivity index (χ1n) is 10.7. The van der Waals surface area contributed by atoms with Crippen LogP contribution in [0, 0.1) is 0 Å². The molecule has 2 aliphatic rings. The predicted molar refractivity (Wildman–Crippen MR) is 125 cm³/mol. The number of carboxylic acids is 2. The zero-order valence-electron chi connectivity index (χ0n) is 18.2. The second kappa shape index (κ2) is 11.8.